The third kappa shape index (κ3) is 7.40. The van der Waals surface area contributed by atoms with Crippen molar-refractivity contribution >= 4 is 21.6 Å². The average Bonchev–Trinajstić information content (AvgIpc) is 2.99. The Morgan fingerprint density at radius 3 is 2.17 bits per heavy atom. The lowest BCUT2D eigenvalue weighted by molar-refractivity contribution is -0.136. The Balaban J connectivity index is 1.71. The molecule has 9 nitrogen and oxygen atoms in total. The summed E-state index contributed by atoms with van der Waals surface area (Å²) in [5.41, 5.74) is 1.67. The summed E-state index contributed by atoms with van der Waals surface area (Å²) in [6, 6.07) is 10.6. The minimum absolute atomic E-state index is 0.0732. The lowest BCUT2D eigenvalue weighted by Gasteiger charge is -2.38. The number of nitrogens with zero attached hydrogens (tertiary/aromatic N) is 3. The number of methoxy groups -OCH3 is 3. The first-order valence-electron chi connectivity index (χ1n) is 14.1. The number of hydrogen-bond acceptors (Lipinski definition) is 7. The number of carbonyl (C=O) groups is 1. The standard InChI is InChI=1S/C30H45N3O6S/c1-7-9-10-24(8-2)30(34)33-19-17-32(18-20-33)26-22-25(12-14-27(26)37-4)40(35,36)31(3)16-15-23-11-13-28(38-5)29(21-23)39-6/h11-14,21-22,24H,7-10,15-20H2,1-6H3. The highest BCUT2D eigenvalue weighted by atomic mass is 32.2. The van der Waals surface area contributed by atoms with Crippen molar-refractivity contribution in [2.45, 2.75) is 50.8 Å². The molecule has 1 heterocycles. The highest BCUT2D eigenvalue weighted by Gasteiger charge is 2.29. The second kappa shape index (κ2) is 14.6. The Morgan fingerprint density at radius 1 is 0.925 bits per heavy atom. The van der Waals surface area contributed by atoms with Gasteiger partial charge in [-0.1, -0.05) is 32.8 Å². The number of sulfonamides is 1. The molecule has 1 atom stereocenters. The SMILES string of the molecule is CCCCC(CC)C(=O)N1CCN(c2cc(S(=O)(=O)N(C)CCc3ccc(OC)c(OC)c3)ccc2OC)CC1. The predicted octanol–water partition coefficient (Wildman–Crippen LogP) is 4.44. The number of hydrogen-bond donors (Lipinski definition) is 0. The van der Waals surface area contributed by atoms with Gasteiger partial charge >= 0.3 is 0 Å². The van der Waals surface area contributed by atoms with Crippen molar-refractivity contribution in [1.82, 2.24) is 9.21 Å². The molecule has 222 valence electrons. The van der Waals surface area contributed by atoms with E-state index in [1.54, 1.807) is 46.6 Å². The third-order valence-corrected chi connectivity index (χ3v) is 9.55. The first kappa shape index (κ1) is 31.5. The second-order valence-corrected chi connectivity index (χ2v) is 12.2. The van der Waals surface area contributed by atoms with Gasteiger partial charge < -0.3 is 24.0 Å². The number of ether oxygens (including phenoxy) is 3. The maximum Gasteiger partial charge on any atom is 0.242 e. The van der Waals surface area contributed by atoms with E-state index in [-0.39, 0.29) is 16.7 Å². The van der Waals surface area contributed by atoms with E-state index in [0.29, 0.717) is 56.4 Å². The minimum atomic E-state index is -3.74. The van der Waals surface area contributed by atoms with Crippen LogP contribution in [-0.4, -0.2) is 84.6 Å². The maximum absolute atomic E-state index is 13.5. The molecule has 0 spiro atoms. The van der Waals surface area contributed by atoms with Crippen molar-refractivity contribution in [3.8, 4) is 17.2 Å². The maximum atomic E-state index is 13.5. The van der Waals surface area contributed by atoms with Gasteiger partial charge in [0.1, 0.15) is 5.75 Å². The lowest BCUT2D eigenvalue weighted by atomic mass is 9.97. The van der Waals surface area contributed by atoms with Crippen molar-refractivity contribution < 1.29 is 27.4 Å². The molecule has 0 aliphatic carbocycles. The Morgan fingerprint density at radius 2 is 1.57 bits per heavy atom. The molecule has 0 saturated carbocycles. The summed E-state index contributed by atoms with van der Waals surface area (Å²) < 4.78 is 44.7. The molecule has 3 rings (SSSR count). The Labute approximate surface area is 240 Å². The summed E-state index contributed by atoms with van der Waals surface area (Å²) in [5.74, 6) is 2.16. The van der Waals surface area contributed by atoms with Gasteiger partial charge in [-0.3, -0.25) is 4.79 Å². The van der Waals surface area contributed by atoms with E-state index in [2.05, 4.69) is 18.7 Å². The summed E-state index contributed by atoms with van der Waals surface area (Å²) in [4.78, 5) is 17.4. The zero-order chi connectivity index (χ0) is 29.3. The Hall–Kier alpha value is -2.98. The van der Waals surface area contributed by atoms with Crippen LogP contribution in [0, 0.1) is 5.92 Å². The van der Waals surface area contributed by atoms with E-state index in [1.807, 2.05) is 23.1 Å². The van der Waals surface area contributed by atoms with Crippen LogP contribution in [0.4, 0.5) is 5.69 Å². The van der Waals surface area contributed by atoms with E-state index in [4.69, 9.17) is 14.2 Å². The molecular formula is C30H45N3O6S. The molecule has 1 aliphatic heterocycles. The van der Waals surface area contributed by atoms with E-state index in [1.165, 1.54) is 4.31 Å². The molecule has 0 N–H and O–H groups in total. The first-order chi connectivity index (χ1) is 19.2. The number of anilines is 1. The van der Waals surface area contributed by atoms with E-state index < -0.39 is 10.0 Å². The van der Waals surface area contributed by atoms with Gasteiger partial charge in [-0.2, -0.15) is 0 Å². The highest BCUT2D eigenvalue weighted by Crippen LogP contribution is 2.33. The summed E-state index contributed by atoms with van der Waals surface area (Å²) in [7, 11) is 2.59. The van der Waals surface area contributed by atoms with E-state index >= 15 is 0 Å². The molecule has 1 saturated heterocycles. The van der Waals surface area contributed by atoms with Gasteiger partial charge in [0.2, 0.25) is 15.9 Å². The summed E-state index contributed by atoms with van der Waals surface area (Å²) in [6.07, 6.45) is 4.45. The summed E-state index contributed by atoms with van der Waals surface area (Å²) >= 11 is 0. The quantitative estimate of drug-likeness (QED) is 0.329. The zero-order valence-electron chi connectivity index (χ0n) is 24.8. The zero-order valence-corrected chi connectivity index (χ0v) is 25.6. The van der Waals surface area contributed by atoms with Crippen molar-refractivity contribution in [3.05, 3.63) is 42.0 Å². The normalized spacial score (nSPS) is 14.8. The molecule has 1 fully saturated rings. The molecule has 0 aromatic heterocycles. The first-order valence-corrected chi connectivity index (χ1v) is 15.5. The topological polar surface area (TPSA) is 88.6 Å². The van der Waals surface area contributed by atoms with Gasteiger partial charge in [0.25, 0.3) is 0 Å². The van der Waals surface area contributed by atoms with Crippen LogP contribution in [0.25, 0.3) is 0 Å². The average molecular weight is 576 g/mol. The highest BCUT2D eigenvalue weighted by molar-refractivity contribution is 7.89. The number of carbonyl (C=O) groups excluding carboxylic acids is 1. The van der Waals surface area contributed by atoms with Crippen molar-refractivity contribution in [2.75, 3.05) is 66.0 Å². The largest absolute Gasteiger partial charge is 0.495 e. The number of unbranched alkanes of at least 4 members (excludes halogenated alkanes) is 1. The number of likely N-dealkylation sites (N-methyl/N-ethyl adjacent to an activating group) is 1. The fourth-order valence-electron chi connectivity index (χ4n) is 5.08. The molecule has 10 heteroatoms. The third-order valence-electron chi connectivity index (χ3n) is 7.70. The number of benzene rings is 2. The fourth-order valence-corrected chi connectivity index (χ4v) is 6.27. The fraction of sp³-hybridized carbons (Fsp3) is 0.567. The molecule has 2 aromatic carbocycles. The van der Waals surface area contributed by atoms with Crippen LogP contribution in [0.2, 0.25) is 0 Å². The van der Waals surface area contributed by atoms with Crippen LogP contribution in [0.3, 0.4) is 0 Å². The van der Waals surface area contributed by atoms with Gasteiger partial charge in [-0.05, 0) is 55.2 Å². The van der Waals surface area contributed by atoms with Gasteiger partial charge in [-0.15, -0.1) is 0 Å². The molecule has 1 unspecified atom stereocenters. The number of amides is 1. The van der Waals surface area contributed by atoms with Gasteiger partial charge in [-0.25, -0.2) is 12.7 Å². The van der Waals surface area contributed by atoms with Crippen LogP contribution < -0.4 is 19.1 Å². The van der Waals surface area contributed by atoms with E-state index in [9.17, 15) is 13.2 Å². The lowest BCUT2D eigenvalue weighted by Crippen LogP contribution is -2.50. The number of rotatable bonds is 14. The Kier molecular flexibility index (Phi) is 11.5. The van der Waals surface area contributed by atoms with Crippen molar-refractivity contribution in [1.29, 1.82) is 0 Å². The minimum Gasteiger partial charge on any atom is -0.495 e. The van der Waals surface area contributed by atoms with Crippen LogP contribution >= 0.6 is 0 Å². The van der Waals surface area contributed by atoms with Crippen LogP contribution in [0.5, 0.6) is 17.2 Å². The van der Waals surface area contributed by atoms with Crippen LogP contribution in [0.15, 0.2) is 41.3 Å². The second-order valence-electron chi connectivity index (χ2n) is 10.2. The molecule has 40 heavy (non-hydrogen) atoms. The molecule has 0 radical (unpaired) electrons. The molecule has 2 aromatic rings. The van der Waals surface area contributed by atoms with Gasteiger partial charge in [0, 0.05) is 45.7 Å². The van der Waals surface area contributed by atoms with Crippen LogP contribution in [0.1, 0.15) is 45.1 Å². The molecule has 1 amide bonds. The number of piperazine rings is 1. The predicted molar refractivity (Wildman–Crippen MR) is 158 cm³/mol. The van der Waals surface area contributed by atoms with Crippen LogP contribution in [-0.2, 0) is 21.2 Å². The van der Waals surface area contributed by atoms with Crippen molar-refractivity contribution in [2.24, 2.45) is 5.92 Å². The van der Waals surface area contributed by atoms with Gasteiger partial charge in [0.15, 0.2) is 11.5 Å². The smallest absolute Gasteiger partial charge is 0.242 e. The molecule has 1 aliphatic rings. The molecule has 0 bridgehead atoms. The summed E-state index contributed by atoms with van der Waals surface area (Å²) in [6.45, 7) is 6.97. The van der Waals surface area contributed by atoms with Gasteiger partial charge in [0.05, 0.1) is 31.9 Å². The monoisotopic (exact) mass is 575 g/mol. The van der Waals surface area contributed by atoms with Crippen molar-refractivity contribution in [3.63, 3.8) is 0 Å². The summed E-state index contributed by atoms with van der Waals surface area (Å²) in [5, 5.41) is 0. The molecular weight excluding hydrogens is 530 g/mol. The Bertz CT molecular complexity index is 1230. The van der Waals surface area contributed by atoms with E-state index in [0.717, 1.165) is 36.9 Å².